The van der Waals surface area contributed by atoms with Gasteiger partial charge in [-0.2, -0.15) is 0 Å². The van der Waals surface area contributed by atoms with Gasteiger partial charge in [0.05, 0.1) is 42.1 Å². The van der Waals surface area contributed by atoms with Gasteiger partial charge in [-0.25, -0.2) is 18.7 Å². The number of thioether (sulfide) groups is 1. The molecule has 0 radical (unpaired) electrons. The van der Waals surface area contributed by atoms with Crippen LogP contribution in [0.15, 0.2) is 23.5 Å². The van der Waals surface area contributed by atoms with Gasteiger partial charge in [0.25, 0.3) is 5.92 Å². The first-order valence-electron chi connectivity index (χ1n) is 11.5. The van der Waals surface area contributed by atoms with Crippen molar-refractivity contribution in [3.63, 3.8) is 0 Å². The highest BCUT2D eigenvalue weighted by molar-refractivity contribution is 7.99. The van der Waals surface area contributed by atoms with Crippen LogP contribution in [0.5, 0.6) is 11.5 Å². The number of rotatable bonds is 11. The molecular formula is C24H26ClF2N5O4S. The first-order valence-corrected chi connectivity index (χ1v) is 12.9. The molecule has 4 rings (SSSR count). The van der Waals surface area contributed by atoms with Gasteiger partial charge in [-0.05, 0) is 13.0 Å². The summed E-state index contributed by atoms with van der Waals surface area (Å²) in [5.74, 6) is -2.29. The fourth-order valence-corrected chi connectivity index (χ4v) is 4.89. The lowest BCUT2D eigenvalue weighted by atomic mass is 10.1. The molecule has 13 heteroatoms. The highest BCUT2D eigenvalue weighted by Gasteiger charge is 2.37. The summed E-state index contributed by atoms with van der Waals surface area (Å²) in [4.78, 5) is 25.7. The number of aromatic amines is 1. The minimum atomic E-state index is -2.67. The van der Waals surface area contributed by atoms with Crippen LogP contribution < -0.4 is 9.47 Å². The van der Waals surface area contributed by atoms with E-state index in [1.807, 2.05) is 0 Å². The number of H-pyrrole nitrogens is 1. The molecule has 1 aliphatic heterocycles. The number of aromatic nitrogens is 3. The summed E-state index contributed by atoms with van der Waals surface area (Å²) in [6.07, 6.45) is 2.65. The fourth-order valence-electron chi connectivity index (χ4n) is 4.01. The van der Waals surface area contributed by atoms with Crippen LogP contribution in [0.3, 0.4) is 0 Å². The number of benzene rings is 1. The molecule has 0 atom stereocenters. The molecule has 0 saturated carbocycles. The zero-order valence-electron chi connectivity index (χ0n) is 20.3. The van der Waals surface area contributed by atoms with E-state index >= 15 is 0 Å². The molecule has 2 aromatic heterocycles. The highest BCUT2D eigenvalue weighted by Crippen LogP contribution is 2.41. The van der Waals surface area contributed by atoms with Crippen molar-refractivity contribution in [3.8, 4) is 22.8 Å². The zero-order valence-corrected chi connectivity index (χ0v) is 21.8. The van der Waals surface area contributed by atoms with Crippen LogP contribution in [0.4, 0.5) is 8.78 Å². The summed E-state index contributed by atoms with van der Waals surface area (Å²) in [6, 6.07) is 3.26. The second-order valence-electron chi connectivity index (χ2n) is 8.27. The van der Waals surface area contributed by atoms with Crippen LogP contribution in [-0.2, 0) is 9.53 Å². The summed E-state index contributed by atoms with van der Waals surface area (Å²) >= 11 is 7.75. The third-order valence-corrected chi connectivity index (χ3v) is 6.88. The Hall–Kier alpha value is -2.96. The van der Waals surface area contributed by atoms with Crippen LogP contribution in [0.2, 0.25) is 5.02 Å². The van der Waals surface area contributed by atoms with Crippen molar-refractivity contribution in [2.24, 2.45) is 0 Å². The molecule has 1 aromatic carbocycles. The van der Waals surface area contributed by atoms with Crippen molar-refractivity contribution in [3.05, 3.63) is 28.9 Å². The number of hydrogen-bond donors (Lipinski definition) is 2. The Labute approximate surface area is 221 Å². The van der Waals surface area contributed by atoms with Gasteiger partial charge in [0.15, 0.2) is 16.7 Å². The molecule has 3 heterocycles. The van der Waals surface area contributed by atoms with Gasteiger partial charge < -0.3 is 24.6 Å². The first-order chi connectivity index (χ1) is 17.7. The second kappa shape index (κ2) is 11.6. The van der Waals surface area contributed by atoms with E-state index in [1.165, 1.54) is 13.3 Å². The van der Waals surface area contributed by atoms with E-state index < -0.39 is 11.9 Å². The molecule has 198 valence electrons. The molecule has 1 saturated heterocycles. The van der Waals surface area contributed by atoms with Crippen LogP contribution in [0.1, 0.15) is 18.9 Å². The summed E-state index contributed by atoms with van der Waals surface area (Å²) in [5, 5.41) is 9.01. The molecular weight excluding hydrogens is 528 g/mol. The summed E-state index contributed by atoms with van der Waals surface area (Å²) < 4.78 is 43.4. The number of fused-ring (bicyclic) bond motifs is 1. The molecule has 37 heavy (non-hydrogen) atoms. The van der Waals surface area contributed by atoms with Gasteiger partial charge >= 0.3 is 5.97 Å². The largest absolute Gasteiger partial charge is 0.493 e. The standard InChI is InChI=1S/C24H26ClF2N5O4S/c1-3-35-19(33)12-37-23-30-21(20-14(10-28)11-29-22(20)31-23)15-8-18(17(34-2)9-16(15)25)36-7-6-32-5-4-24(26,27)13-32/h8-11,28H,3-7,12-13H2,1-2H3,(H,29,30,31). The number of carbonyl (C=O) groups is 1. The molecule has 9 nitrogen and oxygen atoms in total. The van der Waals surface area contributed by atoms with Crippen molar-refractivity contribution in [1.82, 2.24) is 19.9 Å². The SMILES string of the molecule is CCOC(=O)CSc1nc(-c2cc(OCCN3CCC(F)(F)C3)c(OC)cc2Cl)c2c(C=N)c[nH]c2n1. The molecule has 0 amide bonds. The topological polar surface area (TPSA) is 113 Å². The monoisotopic (exact) mass is 553 g/mol. The van der Waals surface area contributed by atoms with E-state index in [9.17, 15) is 13.6 Å². The van der Waals surface area contributed by atoms with E-state index in [2.05, 4.69) is 15.0 Å². The minimum Gasteiger partial charge on any atom is -0.493 e. The number of esters is 1. The van der Waals surface area contributed by atoms with Crippen LogP contribution >= 0.6 is 23.4 Å². The van der Waals surface area contributed by atoms with E-state index in [-0.39, 0.29) is 31.9 Å². The Kier molecular flexibility index (Phi) is 8.50. The number of hydrogen-bond acceptors (Lipinski definition) is 9. The number of nitrogens with zero attached hydrogens (tertiary/aromatic N) is 3. The molecule has 0 spiro atoms. The lowest BCUT2D eigenvalue weighted by Gasteiger charge is -2.18. The highest BCUT2D eigenvalue weighted by atomic mass is 35.5. The molecule has 1 aliphatic rings. The predicted octanol–water partition coefficient (Wildman–Crippen LogP) is 4.66. The van der Waals surface area contributed by atoms with E-state index in [0.717, 1.165) is 11.8 Å². The molecule has 0 aliphatic carbocycles. The second-order valence-corrected chi connectivity index (χ2v) is 9.62. The van der Waals surface area contributed by atoms with Crippen molar-refractivity contribution in [1.29, 1.82) is 5.41 Å². The van der Waals surface area contributed by atoms with Crippen LogP contribution in [0, 0.1) is 5.41 Å². The van der Waals surface area contributed by atoms with Crippen LogP contribution in [-0.4, -0.2) is 83.7 Å². The Bertz CT molecular complexity index is 1310. The number of methoxy groups -OCH3 is 1. The maximum Gasteiger partial charge on any atom is 0.316 e. The van der Waals surface area contributed by atoms with E-state index in [4.69, 9.17) is 31.2 Å². The molecule has 3 aromatic rings. The average Bonchev–Trinajstić information content (AvgIpc) is 3.45. The molecule has 0 bridgehead atoms. The third kappa shape index (κ3) is 6.31. The Balaban J connectivity index is 1.66. The molecule has 2 N–H and O–H groups in total. The van der Waals surface area contributed by atoms with Crippen LogP contribution in [0.25, 0.3) is 22.3 Å². The van der Waals surface area contributed by atoms with Gasteiger partial charge in [0.2, 0.25) is 0 Å². The number of alkyl halides is 2. The number of likely N-dealkylation sites (tertiary alicyclic amines) is 1. The number of nitrogens with one attached hydrogen (secondary N) is 2. The third-order valence-electron chi connectivity index (χ3n) is 5.74. The van der Waals surface area contributed by atoms with Gasteiger partial charge in [-0.3, -0.25) is 9.69 Å². The van der Waals surface area contributed by atoms with Crippen molar-refractivity contribution in [2.75, 3.05) is 45.7 Å². The maximum absolute atomic E-state index is 13.5. The van der Waals surface area contributed by atoms with Crippen molar-refractivity contribution >= 4 is 46.6 Å². The maximum atomic E-state index is 13.5. The van der Waals surface area contributed by atoms with E-state index in [0.29, 0.717) is 62.6 Å². The lowest BCUT2D eigenvalue weighted by Crippen LogP contribution is -2.29. The Morgan fingerprint density at radius 3 is 2.84 bits per heavy atom. The predicted molar refractivity (Wildman–Crippen MR) is 138 cm³/mol. The van der Waals surface area contributed by atoms with Gasteiger partial charge in [-0.1, -0.05) is 23.4 Å². The summed E-state index contributed by atoms with van der Waals surface area (Å²) in [6.45, 7) is 2.53. The van der Waals surface area contributed by atoms with Gasteiger partial charge in [0, 0.05) is 49.1 Å². The van der Waals surface area contributed by atoms with Gasteiger partial charge in [0.1, 0.15) is 12.3 Å². The minimum absolute atomic E-state index is 0.0250. The lowest BCUT2D eigenvalue weighted by molar-refractivity contribution is -0.139. The number of carbonyl (C=O) groups excluding carboxylic acids is 1. The first kappa shape index (κ1) is 27.1. The zero-order chi connectivity index (χ0) is 26.6. The Morgan fingerprint density at radius 2 is 2.16 bits per heavy atom. The number of halogens is 3. The molecule has 1 fully saturated rings. The quantitative estimate of drug-likeness (QED) is 0.153. The van der Waals surface area contributed by atoms with Crippen molar-refractivity contribution < 1.29 is 27.8 Å². The molecule has 0 unspecified atom stereocenters. The number of ether oxygens (including phenoxy) is 3. The van der Waals surface area contributed by atoms with E-state index in [1.54, 1.807) is 30.2 Å². The van der Waals surface area contributed by atoms with Crippen molar-refractivity contribution in [2.45, 2.75) is 24.4 Å². The fraction of sp³-hybridized carbons (Fsp3) is 0.417. The smallest absolute Gasteiger partial charge is 0.316 e. The summed E-state index contributed by atoms with van der Waals surface area (Å²) in [7, 11) is 1.48. The average molecular weight is 554 g/mol. The van der Waals surface area contributed by atoms with Gasteiger partial charge in [-0.15, -0.1) is 0 Å². The Morgan fingerprint density at radius 1 is 1.35 bits per heavy atom. The normalized spacial score (nSPS) is 15.2. The summed E-state index contributed by atoms with van der Waals surface area (Å²) in [5.41, 5.74) is 1.96.